The van der Waals surface area contributed by atoms with Gasteiger partial charge in [0, 0.05) is 12.3 Å². The first-order valence-electron chi connectivity index (χ1n) is 6.22. The maximum atomic E-state index is 11.5. The molecule has 0 aliphatic heterocycles. The summed E-state index contributed by atoms with van der Waals surface area (Å²) in [6.45, 7) is 6.65. The van der Waals surface area contributed by atoms with Gasteiger partial charge in [0.2, 0.25) is 0 Å². The van der Waals surface area contributed by atoms with Crippen LogP contribution in [0.25, 0.3) is 0 Å². The number of allylic oxidation sites excluding steroid dienone is 2. The maximum Gasteiger partial charge on any atom is 0.136 e. The second-order valence-electron chi connectivity index (χ2n) is 5.72. The van der Waals surface area contributed by atoms with Crippen molar-refractivity contribution in [2.45, 2.75) is 52.9 Å². The van der Waals surface area contributed by atoms with Gasteiger partial charge in [-0.2, -0.15) is 0 Å². The first kappa shape index (κ1) is 10.9. The van der Waals surface area contributed by atoms with E-state index >= 15 is 0 Å². The summed E-state index contributed by atoms with van der Waals surface area (Å²) in [5, 5.41) is 0. The van der Waals surface area contributed by atoms with Gasteiger partial charge in [0.25, 0.3) is 0 Å². The van der Waals surface area contributed by atoms with E-state index in [1.165, 1.54) is 31.3 Å². The van der Waals surface area contributed by atoms with Crippen LogP contribution in [0.4, 0.5) is 0 Å². The van der Waals surface area contributed by atoms with Gasteiger partial charge in [-0.3, -0.25) is 4.79 Å². The molecule has 84 valence electrons. The van der Waals surface area contributed by atoms with Gasteiger partial charge in [-0.25, -0.2) is 0 Å². The average Bonchev–Trinajstić information content (AvgIpc) is 2.82. The monoisotopic (exact) mass is 206 g/mol. The highest BCUT2D eigenvalue weighted by molar-refractivity contribution is 5.87. The molecule has 2 fully saturated rings. The summed E-state index contributed by atoms with van der Waals surface area (Å²) in [4.78, 5) is 11.5. The minimum absolute atomic E-state index is 0.451. The summed E-state index contributed by atoms with van der Waals surface area (Å²) in [6.07, 6.45) is 7.99. The van der Waals surface area contributed by atoms with Crippen LogP contribution in [0.5, 0.6) is 0 Å². The minimum atomic E-state index is 0.451. The third-order valence-corrected chi connectivity index (χ3v) is 4.48. The Bertz CT molecular complexity index is 298. The van der Waals surface area contributed by atoms with Crippen LogP contribution in [0.2, 0.25) is 0 Å². The lowest BCUT2D eigenvalue weighted by Crippen LogP contribution is -2.12. The van der Waals surface area contributed by atoms with E-state index in [0.29, 0.717) is 17.1 Å². The number of rotatable bonds is 4. The molecule has 0 amide bonds. The van der Waals surface area contributed by atoms with E-state index in [-0.39, 0.29) is 0 Å². The smallest absolute Gasteiger partial charge is 0.136 e. The fourth-order valence-corrected chi connectivity index (χ4v) is 3.26. The molecule has 1 heteroatoms. The van der Waals surface area contributed by atoms with Crippen molar-refractivity contribution in [3.63, 3.8) is 0 Å². The fraction of sp³-hybridized carbons (Fsp3) is 0.786. The van der Waals surface area contributed by atoms with Crippen LogP contribution in [0, 0.1) is 17.3 Å². The summed E-state index contributed by atoms with van der Waals surface area (Å²) in [7, 11) is 0. The number of Topliss-reactive ketones (excluding diaryl/α,β-unsaturated/α-hetero) is 1. The van der Waals surface area contributed by atoms with Gasteiger partial charge >= 0.3 is 0 Å². The van der Waals surface area contributed by atoms with Crippen LogP contribution in [0.1, 0.15) is 52.9 Å². The molecule has 2 rings (SSSR count). The average molecular weight is 206 g/mol. The largest absolute Gasteiger partial charge is 0.299 e. The predicted octanol–water partition coefficient (Wildman–Crippen LogP) is 3.74. The lowest BCUT2D eigenvalue weighted by molar-refractivity contribution is -0.119. The van der Waals surface area contributed by atoms with Gasteiger partial charge in [-0.15, -0.1) is 0 Å². The summed E-state index contributed by atoms with van der Waals surface area (Å²) < 4.78 is 0. The van der Waals surface area contributed by atoms with Crippen LogP contribution in [-0.2, 0) is 4.79 Å². The van der Waals surface area contributed by atoms with Gasteiger partial charge in [0.05, 0.1) is 0 Å². The molecular weight excluding hydrogens is 184 g/mol. The van der Waals surface area contributed by atoms with E-state index in [2.05, 4.69) is 26.8 Å². The second kappa shape index (κ2) is 3.77. The first-order chi connectivity index (χ1) is 7.06. The van der Waals surface area contributed by atoms with E-state index in [9.17, 15) is 4.79 Å². The van der Waals surface area contributed by atoms with Crippen molar-refractivity contribution in [1.29, 1.82) is 0 Å². The van der Waals surface area contributed by atoms with E-state index in [1.807, 2.05) is 0 Å². The Hall–Kier alpha value is -0.590. The Morgan fingerprint density at radius 3 is 2.80 bits per heavy atom. The van der Waals surface area contributed by atoms with Crippen molar-refractivity contribution in [3.8, 4) is 0 Å². The number of fused-ring (bicyclic) bond motifs is 1. The molecule has 0 N–H and O–H groups in total. The molecule has 0 aromatic heterocycles. The van der Waals surface area contributed by atoms with E-state index in [1.54, 1.807) is 0 Å². The van der Waals surface area contributed by atoms with Crippen LogP contribution < -0.4 is 0 Å². The number of hydrogen-bond acceptors (Lipinski definition) is 1. The molecule has 0 aromatic rings. The molecule has 0 spiro atoms. The molecule has 0 saturated heterocycles. The molecule has 0 heterocycles. The molecule has 2 saturated carbocycles. The highest BCUT2D eigenvalue weighted by Gasteiger charge is 2.63. The molecule has 2 aliphatic rings. The Labute approximate surface area is 92.9 Å². The van der Waals surface area contributed by atoms with E-state index < -0.39 is 0 Å². The van der Waals surface area contributed by atoms with Crippen molar-refractivity contribution in [3.05, 3.63) is 11.6 Å². The van der Waals surface area contributed by atoms with Gasteiger partial charge in [0.15, 0.2) is 0 Å². The topological polar surface area (TPSA) is 17.1 Å². The number of carbonyl (C=O) groups excluding carboxylic acids is 1. The molecule has 0 aromatic carbocycles. The third-order valence-electron chi connectivity index (χ3n) is 4.48. The first-order valence-corrected chi connectivity index (χ1v) is 6.22. The molecule has 1 nitrogen and oxygen atoms in total. The second-order valence-corrected chi connectivity index (χ2v) is 5.72. The fourth-order valence-electron chi connectivity index (χ4n) is 3.26. The number of carbonyl (C=O) groups is 1. The maximum absolute atomic E-state index is 11.5. The summed E-state index contributed by atoms with van der Waals surface area (Å²) in [5.41, 5.74) is 1.86. The number of hydrogen-bond donors (Lipinski definition) is 0. The van der Waals surface area contributed by atoms with Crippen LogP contribution >= 0.6 is 0 Å². The van der Waals surface area contributed by atoms with Crippen molar-refractivity contribution in [1.82, 2.24) is 0 Å². The van der Waals surface area contributed by atoms with Crippen molar-refractivity contribution >= 4 is 5.78 Å². The quantitative estimate of drug-likeness (QED) is 0.640. The molecule has 0 radical (unpaired) electrons. The summed E-state index contributed by atoms with van der Waals surface area (Å²) >= 11 is 0. The third kappa shape index (κ3) is 1.89. The predicted molar refractivity (Wildman–Crippen MR) is 62.6 cm³/mol. The Morgan fingerprint density at radius 1 is 1.60 bits per heavy atom. The highest BCUT2D eigenvalue weighted by atomic mass is 16.1. The van der Waals surface area contributed by atoms with Gasteiger partial charge in [0.1, 0.15) is 5.78 Å². The van der Waals surface area contributed by atoms with Gasteiger partial charge in [-0.1, -0.05) is 18.6 Å². The summed E-state index contributed by atoms with van der Waals surface area (Å²) in [6, 6.07) is 0. The molecule has 0 unspecified atom stereocenters. The van der Waals surface area contributed by atoms with Crippen LogP contribution in [0.15, 0.2) is 11.6 Å². The van der Waals surface area contributed by atoms with Crippen LogP contribution in [0.3, 0.4) is 0 Å². The SMILES string of the molecule is CC(C)=CCC[C@@H](C)[C@]12CCC(=O)[C@H]1C2. The molecule has 15 heavy (non-hydrogen) atoms. The lowest BCUT2D eigenvalue weighted by Gasteiger charge is -2.20. The molecule has 3 atom stereocenters. The normalized spacial score (nSPS) is 34.9. The van der Waals surface area contributed by atoms with E-state index in [0.717, 1.165) is 12.3 Å². The Kier molecular flexibility index (Phi) is 2.74. The van der Waals surface area contributed by atoms with Crippen molar-refractivity contribution in [2.24, 2.45) is 17.3 Å². The van der Waals surface area contributed by atoms with Crippen LogP contribution in [-0.4, -0.2) is 5.78 Å². The molecular formula is C14H22O. The molecule has 2 aliphatic carbocycles. The zero-order chi connectivity index (χ0) is 11.1. The lowest BCUT2D eigenvalue weighted by atomic mass is 9.85. The zero-order valence-electron chi connectivity index (χ0n) is 10.2. The number of ketones is 1. The van der Waals surface area contributed by atoms with Crippen molar-refractivity contribution < 1.29 is 4.79 Å². The standard InChI is InChI=1S/C14H22O/c1-10(2)5-4-6-11(3)14-8-7-13(15)12(14)9-14/h5,11-12H,4,6-9H2,1-3H3/t11-,12-,14-/m1/s1. The van der Waals surface area contributed by atoms with Gasteiger partial charge in [-0.05, 0) is 50.9 Å². The summed E-state index contributed by atoms with van der Waals surface area (Å²) in [5.74, 6) is 1.74. The van der Waals surface area contributed by atoms with Crippen molar-refractivity contribution in [2.75, 3.05) is 0 Å². The Balaban J connectivity index is 1.85. The van der Waals surface area contributed by atoms with E-state index in [4.69, 9.17) is 0 Å². The zero-order valence-corrected chi connectivity index (χ0v) is 10.2. The molecule has 0 bridgehead atoms. The van der Waals surface area contributed by atoms with Gasteiger partial charge < -0.3 is 0 Å². The highest BCUT2D eigenvalue weighted by Crippen LogP contribution is 2.66. The Morgan fingerprint density at radius 2 is 2.33 bits per heavy atom. The minimum Gasteiger partial charge on any atom is -0.299 e.